The first-order chi connectivity index (χ1) is 15.1. The molecule has 3 heterocycles. The number of fused-ring (bicyclic) bond motifs is 2. The van der Waals surface area contributed by atoms with Gasteiger partial charge in [0.05, 0.1) is 24.2 Å². The third-order valence-corrected chi connectivity index (χ3v) is 7.03. The van der Waals surface area contributed by atoms with Crippen molar-refractivity contribution in [1.29, 1.82) is 5.26 Å². The highest BCUT2D eigenvalue weighted by Gasteiger charge is 2.54. The molecule has 3 aliphatic heterocycles. The number of carbonyl (C=O) groups excluding carboxylic acids is 2. The molecule has 8 heteroatoms. The molecule has 0 aliphatic carbocycles. The molecule has 5 atom stereocenters. The molecule has 1 unspecified atom stereocenters. The van der Waals surface area contributed by atoms with Gasteiger partial charge in [-0.2, -0.15) is 5.26 Å². The maximum absolute atomic E-state index is 13.5. The molecule has 0 radical (unpaired) electrons. The lowest BCUT2D eigenvalue weighted by Crippen LogP contribution is -2.57. The van der Waals surface area contributed by atoms with Crippen molar-refractivity contribution in [2.75, 3.05) is 19.6 Å². The second-order valence-corrected chi connectivity index (χ2v) is 10.4. The molecule has 7 nitrogen and oxygen atoms in total. The largest absolute Gasteiger partial charge is 0.329 e. The quantitative estimate of drug-likeness (QED) is 0.755. The third kappa shape index (κ3) is 4.00. The number of halogens is 1. The van der Waals surface area contributed by atoms with Crippen LogP contribution in [0.25, 0.3) is 0 Å². The van der Waals surface area contributed by atoms with Crippen molar-refractivity contribution in [3.63, 3.8) is 0 Å². The standard InChI is InChI=1S/C24H32FN5O2/c1-24(2,3)21(15-6-8-16(25)9-7-15)30-18-11-20(23(30)32)28(13-18)14-19(27)22(31)29-10-4-5-17(29)12-26/h6-9,17-21H,4-5,10-11,13-14,27H2,1-3H3/t17-,18?,19-,20+,21+/m0/s1. The zero-order chi connectivity index (χ0) is 23.2. The molecule has 0 spiro atoms. The van der Waals surface area contributed by atoms with E-state index in [2.05, 4.69) is 26.8 Å². The van der Waals surface area contributed by atoms with Crippen LogP contribution in [0.15, 0.2) is 24.3 Å². The summed E-state index contributed by atoms with van der Waals surface area (Å²) in [5.74, 6) is -0.460. The highest BCUT2D eigenvalue weighted by Crippen LogP contribution is 2.45. The van der Waals surface area contributed by atoms with E-state index < -0.39 is 12.1 Å². The van der Waals surface area contributed by atoms with Crippen molar-refractivity contribution in [3.05, 3.63) is 35.6 Å². The van der Waals surface area contributed by atoms with Gasteiger partial charge in [-0.15, -0.1) is 0 Å². The van der Waals surface area contributed by atoms with Crippen molar-refractivity contribution in [1.82, 2.24) is 14.7 Å². The number of likely N-dealkylation sites (tertiary alicyclic amines) is 3. The summed E-state index contributed by atoms with van der Waals surface area (Å²) in [5, 5.41) is 9.26. The molecule has 4 rings (SSSR count). The van der Waals surface area contributed by atoms with Crippen molar-refractivity contribution in [2.45, 2.75) is 70.2 Å². The van der Waals surface area contributed by atoms with Crippen LogP contribution in [0.1, 0.15) is 51.6 Å². The van der Waals surface area contributed by atoms with E-state index in [1.807, 2.05) is 9.80 Å². The number of nitriles is 1. The first-order valence-corrected chi connectivity index (χ1v) is 11.4. The highest BCUT2D eigenvalue weighted by molar-refractivity contribution is 5.87. The molecule has 2 N–H and O–H groups in total. The van der Waals surface area contributed by atoms with Crippen molar-refractivity contribution in [3.8, 4) is 6.07 Å². The minimum absolute atomic E-state index is 0.0303. The number of benzene rings is 1. The number of hydrogen-bond donors (Lipinski definition) is 1. The average Bonchev–Trinajstić information content (AvgIpc) is 3.44. The predicted molar refractivity (Wildman–Crippen MR) is 118 cm³/mol. The summed E-state index contributed by atoms with van der Waals surface area (Å²) < 4.78 is 13.5. The fourth-order valence-corrected chi connectivity index (χ4v) is 5.66. The Labute approximate surface area is 188 Å². The number of nitrogens with two attached hydrogens (primary N) is 1. The van der Waals surface area contributed by atoms with Crippen molar-refractivity contribution >= 4 is 11.8 Å². The van der Waals surface area contributed by atoms with Gasteiger partial charge in [-0.3, -0.25) is 14.5 Å². The van der Waals surface area contributed by atoms with Gasteiger partial charge in [-0.25, -0.2) is 4.39 Å². The van der Waals surface area contributed by atoms with E-state index in [4.69, 9.17) is 5.73 Å². The van der Waals surface area contributed by atoms with Gasteiger partial charge in [0.1, 0.15) is 11.9 Å². The number of piperazine rings is 1. The zero-order valence-electron chi connectivity index (χ0n) is 19.0. The topological polar surface area (TPSA) is 93.7 Å². The number of carbonyl (C=O) groups is 2. The summed E-state index contributed by atoms with van der Waals surface area (Å²) in [6, 6.07) is 7.01. The lowest BCUT2D eigenvalue weighted by atomic mass is 9.80. The van der Waals surface area contributed by atoms with E-state index in [1.165, 1.54) is 12.1 Å². The monoisotopic (exact) mass is 441 g/mol. The second kappa shape index (κ2) is 8.45. The van der Waals surface area contributed by atoms with Gasteiger partial charge >= 0.3 is 0 Å². The Morgan fingerprint density at radius 2 is 2.00 bits per heavy atom. The summed E-state index contributed by atoms with van der Waals surface area (Å²) in [7, 11) is 0. The Bertz CT molecular complexity index is 922. The minimum Gasteiger partial charge on any atom is -0.329 e. The Hall–Kier alpha value is -2.50. The SMILES string of the molecule is CC(C)(C)[C@@H](c1ccc(F)cc1)N1C(=O)[C@H]2CC1CN2C[C@H](N)C(=O)N1CCC[C@H]1C#N. The first kappa shape index (κ1) is 22.7. The maximum Gasteiger partial charge on any atom is 0.241 e. The van der Waals surface area contributed by atoms with E-state index >= 15 is 0 Å². The first-order valence-electron chi connectivity index (χ1n) is 11.4. The van der Waals surface area contributed by atoms with Crippen molar-refractivity contribution < 1.29 is 14.0 Å². The molecular weight excluding hydrogens is 409 g/mol. The average molecular weight is 442 g/mol. The molecular formula is C24H32FN5O2. The van der Waals surface area contributed by atoms with Crippen molar-refractivity contribution in [2.24, 2.45) is 11.1 Å². The van der Waals surface area contributed by atoms with Gasteiger partial charge in [0.25, 0.3) is 0 Å². The number of nitrogens with zero attached hydrogens (tertiary/aromatic N) is 4. The van der Waals surface area contributed by atoms with E-state index in [9.17, 15) is 19.2 Å². The fourth-order valence-electron chi connectivity index (χ4n) is 5.66. The number of rotatable bonds is 5. The molecule has 2 bridgehead atoms. The van der Waals surface area contributed by atoms with Crippen LogP contribution in [0.4, 0.5) is 4.39 Å². The summed E-state index contributed by atoms with van der Waals surface area (Å²) in [4.78, 5) is 31.8. The zero-order valence-corrected chi connectivity index (χ0v) is 19.0. The molecule has 2 amide bonds. The lowest BCUT2D eigenvalue weighted by molar-refractivity contribution is -0.143. The predicted octanol–water partition coefficient (Wildman–Crippen LogP) is 2.04. The van der Waals surface area contributed by atoms with Crippen LogP contribution >= 0.6 is 0 Å². The number of hydrogen-bond acceptors (Lipinski definition) is 5. The maximum atomic E-state index is 13.5. The Kier molecular flexibility index (Phi) is 5.99. The van der Waals surface area contributed by atoms with Gasteiger partial charge in [0, 0.05) is 25.7 Å². The van der Waals surface area contributed by atoms with Gasteiger partial charge < -0.3 is 15.5 Å². The molecule has 32 heavy (non-hydrogen) atoms. The van der Waals surface area contributed by atoms with Gasteiger partial charge in [0.15, 0.2) is 0 Å². The normalized spacial score (nSPS) is 27.6. The number of amides is 2. The second-order valence-electron chi connectivity index (χ2n) is 10.4. The van der Waals surface area contributed by atoms with E-state index in [1.54, 1.807) is 17.0 Å². The molecule has 1 aromatic rings. The fraction of sp³-hybridized carbons (Fsp3) is 0.625. The Morgan fingerprint density at radius 3 is 2.59 bits per heavy atom. The van der Waals surface area contributed by atoms with Crippen LogP contribution in [-0.2, 0) is 9.59 Å². The van der Waals surface area contributed by atoms with Crippen LogP contribution < -0.4 is 5.73 Å². The van der Waals surface area contributed by atoms with Crippen LogP contribution in [0.5, 0.6) is 0 Å². The van der Waals surface area contributed by atoms with Gasteiger partial charge in [-0.05, 0) is 42.4 Å². The van der Waals surface area contributed by atoms with Crippen LogP contribution in [0.2, 0.25) is 0 Å². The summed E-state index contributed by atoms with van der Waals surface area (Å²) in [6.45, 7) is 7.81. The molecule has 0 saturated carbocycles. The van der Waals surface area contributed by atoms with Crippen LogP contribution in [0.3, 0.4) is 0 Å². The lowest BCUT2D eigenvalue weighted by Gasteiger charge is -2.45. The third-order valence-electron chi connectivity index (χ3n) is 7.03. The molecule has 0 aromatic heterocycles. The summed E-state index contributed by atoms with van der Waals surface area (Å²) in [5.41, 5.74) is 6.94. The van der Waals surface area contributed by atoms with E-state index in [0.717, 1.165) is 12.0 Å². The smallest absolute Gasteiger partial charge is 0.241 e. The Balaban J connectivity index is 1.47. The molecule has 1 aromatic carbocycles. The molecule has 3 aliphatic rings. The van der Waals surface area contributed by atoms with E-state index in [-0.39, 0.29) is 41.2 Å². The highest BCUT2D eigenvalue weighted by atomic mass is 19.1. The van der Waals surface area contributed by atoms with E-state index in [0.29, 0.717) is 32.5 Å². The summed E-state index contributed by atoms with van der Waals surface area (Å²) >= 11 is 0. The van der Waals surface area contributed by atoms with Crippen LogP contribution in [-0.4, -0.2) is 70.3 Å². The summed E-state index contributed by atoms with van der Waals surface area (Å²) in [6.07, 6.45) is 2.21. The Morgan fingerprint density at radius 1 is 1.31 bits per heavy atom. The minimum atomic E-state index is -0.750. The molecule has 3 fully saturated rings. The van der Waals surface area contributed by atoms with Gasteiger partial charge in [-0.1, -0.05) is 32.9 Å². The molecule has 3 saturated heterocycles. The van der Waals surface area contributed by atoms with Gasteiger partial charge in [0.2, 0.25) is 11.8 Å². The van der Waals surface area contributed by atoms with Crippen LogP contribution in [0, 0.1) is 22.6 Å². The molecule has 172 valence electrons.